The normalized spacial score (nSPS) is 11.7. The molecule has 0 aliphatic carbocycles. The Morgan fingerprint density at radius 3 is 1.79 bits per heavy atom. The van der Waals surface area contributed by atoms with E-state index in [0.717, 1.165) is 23.6 Å². The summed E-state index contributed by atoms with van der Waals surface area (Å²) in [7, 11) is -1.30. The van der Waals surface area contributed by atoms with Crippen LogP contribution in [0.15, 0.2) is 60.7 Å². The average molecular weight is 465 g/mol. The molecule has 0 heterocycles. The molecule has 3 aromatic carbocycles. The molecule has 0 bridgehead atoms. The molecule has 0 aliphatic rings. The summed E-state index contributed by atoms with van der Waals surface area (Å²) >= 11 is 0. The summed E-state index contributed by atoms with van der Waals surface area (Å²) in [4.78, 5) is 0. The topological polar surface area (TPSA) is 0 Å². The van der Waals surface area contributed by atoms with Gasteiger partial charge in [-0.1, -0.05) is 119 Å². The largest absolute Gasteiger partial charge is 0.203 e. The molecule has 176 valence electrons. The number of aryl methyl sites for hydroxylation is 2. The Morgan fingerprint density at radius 1 is 0.606 bits per heavy atom. The molecule has 0 fully saturated rings. The summed E-state index contributed by atoms with van der Waals surface area (Å²) in [6, 6.07) is 20.9. The first-order valence-electron chi connectivity index (χ1n) is 12.4. The highest BCUT2D eigenvalue weighted by atomic mass is 28.3. The van der Waals surface area contributed by atoms with E-state index >= 15 is 0 Å². The minimum absolute atomic E-state index is 0.328. The molecule has 0 radical (unpaired) electrons. The smallest absolute Gasteiger partial charge is 0.166 e. The Bertz CT molecular complexity index is 1010. The van der Waals surface area contributed by atoms with Gasteiger partial charge in [0.15, 0.2) is 11.6 Å². The number of halogens is 2. The lowest BCUT2D eigenvalue weighted by atomic mass is 9.97. The zero-order valence-electron chi connectivity index (χ0n) is 20.7. The van der Waals surface area contributed by atoms with Crippen molar-refractivity contribution in [3.8, 4) is 22.3 Å². The quantitative estimate of drug-likeness (QED) is 0.196. The van der Waals surface area contributed by atoms with Crippen molar-refractivity contribution in [2.24, 2.45) is 0 Å². The number of hydrogen-bond donors (Lipinski definition) is 0. The fraction of sp³-hybridized carbons (Fsp3) is 0.400. The van der Waals surface area contributed by atoms with Crippen molar-refractivity contribution in [2.45, 2.75) is 77.6 Å². The van der Waals surface area contributed by atoms with E-state index in [-0.39, 0.29) is 0 Å². The maximum atomic E-state index is 14.8. The zero-order chi connectivity index (χ0) is 23.8. The van der Waals surface area contributed by atoms with Gasteiger partial charge in [0, 0.05) is 13.6 Å². The Labute approximate surface area is 200 Å². The Kier molecular flexibility index (Phi) is 9.02. The van der Waals surface area contributed by atoms with Gasteiger partial charge in [-0.2, -0.15) is 0 Å². The van der Waals surface area contributed by atoms with Crippen LogP contribution in [-0.2, 0) is 12.8 Å². The highest BCUT2D eigenvalue weighted by molar-refractivity contribution is 6.76. The van der Waals surface area contributed by atoms with Crippen LogP contribution >= 0.6 is 0 Å². The van der Waals surface area contributed by atoms with Crippen molar-refractivity contribution in [1.29, 1.82) is 0 Å². The molecule has 3 aromatic rings. The molecule has 0 aliphatic heterocycles. The van der Waals surface area contributed by atoms with E-state index in [9.17, 15) is 8.78 Å². The maximum absolute atomic E-state index is 14.8. The van der Waals surface area contributed by atoms with Crippen molar-refractivity contribution < 1.29 is 8.78 Å². The fourth-order valence-electron chi connectivity index (χ4n) is 4.15. The van der Waals surface area contributed by atoms with Crippen molar-refractivity contribution in [3.63, 3.8) is 0 Å². The number of rotatable bonds is 11. The predicted molar refractivity (Wildman–Crippen MR) is 142 cm³/mol. The molecule has 0 amide bonds. The second-order valence-electron chi connectivity index (χ2n) is 10.4. The van der Waals surface area contributed by atoms with Crippen LogP contribution < -0.4 is 0 Å². The molecule has 33 heavy (non-hydrogen) atoms. The lowest BCUT2D eigenvalue weighted by Gasteiger charge is -2.16. The van der Waals surface area contributed by atoms with Gasteiger partial charge < -0.3 is 0 Å². The first-order chi connectivity index (χ1) is 15.8. The first kappa shape index (κ1) is 25.4. The second-order valence-corrected chi connectivity index (χ2v) is 16.0. The summed E-state index contributed by atoms with van der Waals surface area (Å²) in [5.74, 6) is -1.43. The van der Waals surface area contributed by atoms with E-state index in [0.29, 0.717) is 23.1 Å². The van der Waals surface area contributed by atoms with Crippen LogP contribution in [0.5, 0.6) is 0 Å². The predicted octanol–water partition coefficient (Wildman–Crippen LogP) is 9.69. The third-order valence-corrected chi connectivity index (χ3v) is 8.11. The maximum Gasteiger partial charge on any atom is 0.166 e. The van der Waals surface area contributed by atoms with Gasteiger partial charge in [0.05, 0.1) is 0 Å². The van der Waals surface area contributed by atoms with Crippen LogP contribution in [0.4, 0.5) is 8.78 Å². The summed E-state index contributed by atoms with van der Waals surface area (Å²) in [6.07, 6.45) is 8.20. The molecule has 0 aromatic heterocycles. The molecule has 0 atom stereocenters. The third-order valence-electron chi connectivity index (χ3n) is 6.36. The Balaban J connectivity index is 1.67. The van der Waals surface area contributed by atoms with Gasteiger partial charge in [-0.15, -0.1) is 0 Å². The molecular weight excluding hydrogens is 426 g/mol. The molecular formula is C30H38F2Si. The lowest BCUT2D eigenvalue weighted by Crippen LogP contribution is -2.20. The summed E-state index contributed by atoms with van der Waals surface area (Å²) in [5, 5.41) is 0. The van der Waals surface area contributed by atoms with Crippen LogP contribution in [0.2, 0.25) is 25.7 Å². The van der Waals surface area contributed by atoms with Crippen molar-refractivity contribution in [1.82, 2.24) is 0 Å². The Hall–Kier alpha value is -2.26. The molecule has 0 saturated carbocycles. The monoisotopic (exact) mass is 464 g/mol. The molecule has 0 spiro atoms. The summed E-state index contributed by atoms with van der Waals surface area (Å²) in [6.45, 7) is 8.99. The second kappa shape index (κ2) is 11.7. The van der Waals surface area contributed by atoms with E-state index in [1.54, 1.807) is 12.1 Å². The minimum atomic E-state index is -1.30. The van der Waals surface area contributed by atoms with Crippen molar-refractivity contribution in [2.75, 3.05) is 0 Å². The van der Waals surface area contributed by atoms with Gasteiger partial charge in [0.25, 0.3) is 0 Å². The van der Waals surface area contributed by atoms with Gasteiger partial charge in [0.2, 0.25) is 0 Å². The molecule has 0 N–H and O–H groups in total. The van der Waals surface area contributed by atoms with E-state index in [1.165, 1.54) is 37.7 Å². The summed E-state index contributed by atoms with van der Waals surface area (Å²) in [5.41, 5.74) is 5.12. The number of hydrogen-bond acceptors (Lipinski definition) is 0. The Morgan fingerprint density at radius 2 is 1.18 bits per heavy atom. The van der Waals surface area contributed by atoms with Gasteiger partial charge in [-0.3, -0.25) is 0 Å². The summed E-state index contributed by atoms with van der Waals surface area (Å²) < 4.78 is 29.5. The fourth-order valence-corrected chi connectivity index (χ4v) is 5.17. The molecule has 3 heteroatoms. The molecule has 3 rings (SSSR count). The van der Waals surface area contributed by atoms with Crippen LogP contribution in [0, 0.1) is 11.6 Å². The van der Waals surface area contributed by atoms with E-state index in [1.807, 2.05) is 24.3 Å². The standard InChI is InChI=1S/C30H38F2Si/c1-5-6-7-8-9-10-23-11-13-24(14-12-23)25-15-17-26(18-16-25)28-20-19-27(29(31)30(28)32)21-22-33(2,3)4/h11-20H,5-10,21-22H2,1-4H3. The zero-order valence-corrected chi connectivity index (χ0v) is 21.7. The SMILES string of the molecule is CCCCCCCc1ccc(-c2ccc(-c3ccc(CC[Si](C)(C)C)c(F)c3F)cc2)cc1. The van der Waals surface area contributed by atoms with Gasteiger partial charge >= 0.3 is 0 Å². The molecule has 0 unspecified atom stereocenters. The van der Waals surface area contributed by atoms with Gasteiger partial charge in [-0.05, 0) is 47.1 Å². The highest BCUT2D eigenvalue weighted by Gasteiger charge is 2.18. The van der Waals surface area contributed by atoms with Crippen LogP contribution in [0.1, 0.15) is 50.2 Å². The highest BCUT2D eigenvalue weighted by Crippen LogP contribution is 2.30. The number of benzene rings is 3. The number of unbranched alkanes of at least 4 members (excludes halogenated alkanes) is 4. The van der Waals surface area contributed by atoms with Gasteiger partial charge in [0.1, 0.15) is 0 Å². The van der Waals surface area contributed by atoms with Crippen molar-refractivity contribution >= 4 is 8.07 Å². The van der Waals surface area contributed by atoms with Crippen molar-refractivity contribution in [3.05, 3.63) is 83.4 Å². The van der Waals surface area contributed by atoms with Crippen LogP contribution in [-0.4, -0.2) is 8.07 Å². The van der Waals surface area contributed by atoms with E-state index in [4.69, 9.17) is 0 Å². The molecule has 0 nitrogen and oxygen atoms in total. The molecule has 0 saturated heterocycles. The van der Waals surface area contributed by atoms with Gasteiger partial charge in [-0.25, -0.2) is 8.78 Å². The first-order valence-corrected chi connectivity index (χ1v) is 16.2. The van der Waals surface area contributed by atoms with Crippen LogP contribution in [0.25, 0.3) is 22.3 Å². The minimum Gasteiger partial charge on any atom is -0.203 e. The lowest BCUT2D eigenvalue weighted by molar-refractivity contribution is 0.502. The van der Waals surface area contributed by atoms with Crippen LogP contribution in [0.3, 0.4) is 0 Å². The average Bonchev–Trinajstić information content (AvgIpc) is 2.80. The third kappa shape index (κ3) is 7.36. The van der Waals surface area contributed by atoms with E-state index < -0.39 is 19.7 Å². The van der Waals surface area contributed by atoms with E-state index in [2.05, 4.69) is 50.8 Å².